The molecule has 24 heavy (non-hydrogen) atoms. The van der Waals surface area contributed by atoms with Crippen LogP contribution in [0.15, 0.2) is 23.4 Å². The van der Waals surface area contributed by atoms with Gasteiger partial charge in [0.15, 0.2) is 0 Å². The zero-order chi connectivity index (χ0) is 17.9. The first kappa shape index (κ1) is 17.9. The number of carbonyl (C=O) groups excluding carboxylic acids is 1. The molecule has 1 aromatic carbocycles. The Balaban J connectivity index is 2.04. The third kappa shape index (κ3) is 4.09. The minimum Gasteiger partial charge on any atom is -0.335 e. The van der Waals surface area contributed by atoms with E-state index in [4.69, 9.17) is 22.7 Å². The number of nitrogens with two attached hydrogens (primary N) is 1. The number of nitrogen functional groups attached to an aromatic ring is 1. The van der Waals surface area contributed by atoms with E-state index in [1.54, 1.807) is 0 Å². The van der Waals surface area contributed by atoms with Gasteiger partial charge in [-0.3, -0.25) is 4.79 Å². The molecule has 0 spiro atoms. The van der Waals surface area contributed by atoms with Crippen LogP contribution in [0.1, 0.15) is 11.4 Å². The molecule has 0 atom stereocenters. The monoisotopic (exact) mass is 376 g/mol. The normalized spacial score (nSPS) is 11.1. The molecular weight excluding hydrogens is 369 g/mol. The summed E-state index contributed by atoms with van der Waals surface area (Å²) in [5, 5.41) is 17.7. The molecule has 0 saturated carbocycles. The summed E-state index contributed by atoms with van der Waals surface area (Å²) in [4.78, 5) is 11.9. The Morgan fingerprint density at radius 2 is 2.17 bits per heavy atom. The number of anilines is 1. The van der Waals surface area contributed by atoms with Crippen LogP contribution < -0.4 is 11.2 Å². The smallest absolute Gasteiger partial charge is 0.335 e. The number of aromatic nitrogens is 3. The molecule has 0 aliphatic carbocycles. The van der Waals surface area contributed by atoms with Crippen LogP contribution in [0.2, 0.25) is 5.02 Å². The quantitative estimate of drug-likeness (QED) is 0.625. The van der Waals surface area contributed by atoms with Gasteiger partial charge in [-0.2, -0.15) is 18.4 Å². The topological polar surface area (TPSA) is 110 Å². The average molecular weight is 377 g/mol. The summed E-state index contributed by atoms with van der Waals surface area (Å²) >= 11 is 6.45. The lowest BCUT2D eigenvalue weighted by atomic mass is 10.2. The van der Waals surface area contributed by atoms with Crippen LogP contribution in [0.4, 0.5) is 18.9 Å². The number of carbonyl (C=O) groups is 1. The summed E-state index contributed by atoms with van der Waals surface area (Å²) in [5.41, 5.74) is 0.389. The van der Waals surface area contributed by atoms with Gasteiger partial charge in [0, 0.05) is 5.02 Å². The van der Waals surface area contributed by atoms with Crippen molar-refractivity contribution in [3.05, 3.63) is 34.6 Å². The first-order chi connectivity index (χ1) is 11.2. The Kier molecular flexibility index (Phi) is 5.20. The zero-order valence-corrected chi connectivity index (χ0v) is 13.2. The molecule has 1 amide bonds. The Labute approximate surface area is 142 Å². The van der Waals surface area contributed by atoms with Crippen LogP contribution in [-0.4, -0.2) is 26.5 Å². The van der Waals surface area contributed by atoms with E-state index in [2.05, 4.69) is 15.5 Å². The van der Waals surface area contributed by atoms with Crippen LogP contribution in [0, 0.1) is 11.3 Å². The number of nitriles is 1. The van der Waals surface area contributed by atoms with Gasteiger partial charge in [-0.15, -0.1) is 10.2 Å². The maximum absolute atomic E-state index is 12.5. The number of benzene rings is 1. The highest BCUT2D eigenvalue weighted by Gasteiger charge is 2.38. The largest absolute Gasteiger partial charge is 0.453 e. The van der Waals surface area contributed by atoms with Crippen LogP contribution in [0.25, 0.3) is 0 Å². The van der Waals surface area contributed by atoms with Gasteiger partial charge < -0.3 is 11.2 Å². The van der Waals surface area contributed by atoms with E-state index in [0.717, 1.165) is 0 Å². The molecular formula is C12H8ClF3N6OS. The van der Waals surface area contributed by atoms with E-state index in [1.807, 2.05) is 6.07 Å². The highest BCUT2D eigenvalue weighted by molar-refractivity contribution is 7.99. The maximum Gasteiger partial charge on any atom is 0.453 e. The van der Waals surface area contributed by atoms with Gasteiger partial charge in [-0.1, -0.05) is 23.4 Å². The van der Waals surface area contributed by atoms with E-state index in [9.17, 15) is 18.0 Å². The van der Waals surface area contributed by atoms with Gasteiger partial charge in [0.2, 0.25) is 11.1 Å². The lowest BCUT2D eigenvalue weighted by Gasteiger charge is -2.08. The van der Waals surface area contributed by atoms with Crippen molar-refractivity contribution in [2.45, 2.75) is 11.3 Å². The van der Waals surface area contributed by atoms with Gasteiger partial charge in [0.1, 0.15) is 6.07 Å². The first-order valence-corrected chi connectivity index (χ1v) is 7.48. The van der Waals surface area contributed by atoms with Gasteiger partial charge in [0.25, 0.3) is 5.82 Å². The SMILES string of the molecule is N#Cc1ccc(Cl)cc1NC(=O)CSc1nnc(C(F)(F)F)n1N. The lowest BCUT2D eigenvalue weighted by Crippen LogP contribution is -2.22. The Morgan fingerprint density at radius 1 is 1.46 bits per heavy atom. The lowest BCUT2D eigenvalue weighted by molar-refractivity contribution is -0.146. The molecule has 0 radical (unpaired) electrons. The Bertz CT molecular complexity index is 816. The molecule has 7 nitrogen and oxygen atoms in total. The van der Waals surface area contributed by atoms with Crippen molar-refractivity contribution in [1.82, 2.24) is 14.9 Å². The minimum atomic E-state index is -4.74. The fourth-order valence-electron chi connectivity index (χ4n) is 1.60. The first-order valence-electron chi connectivity index (χ1n) is 6.12. The molecule has 12 heteroatoms. The summed E-state index contributed by atoms with van der Waals surface area (Å²) < 4.78 is 37.9. The number of thioether (sulfide) groups is 1. The molecule has 2 aromatic rings. The van der Waals surface area contributed by atoms with Gasteiger partial charge in [-0.05, 0) is 18.2 Å². The fraction of sp³-hybridized carbons (Fsp3) is 0.167. The predicted octanol–water partition coefficient (Wildman–Crippen LogP) is 2.27. The van der Waals surface area contributed by atoms with Crippen molar-refractivity contribution in [2.24, 2.45) is 0 Å². The van der Waals surface area contributed by atoms with Crippen LogP contribution in [0.3, 0.4) is 0 Å². The van der Waals surface area contributed by atoms with Crippen LogP contribution in [-0.2, 0) is 11.0 Å². The summed E-state index contributed by atoms with van der Waals surface area (Å²) in [6, 6.07) is 6.18. The Hall–Kier alpha value is -2.45. The number of amides is 1. The molecule has 0 saturated heterocycles. The number of rotatable bonds is 4. The maximum atomic E-state index is 12.5. The van der Waals surface area contributed by atoms with E-state index < -0.39 is 17.9 Å². The third-order valence-corrected chi connectivity index (χ3v) is 3.80. The molecule has 2 rings (SSSR count). The highest BCUT2D eigenvalue weighted by Crippen LogP contribution is 2.29. The Morgan fingerprint density at radius 3 is 2.75 bits per heavy atom. The second kappa shape index (κ2) is 6.98. The molecule has 1 heterocycles. The van der Waals surface area contributed by atoms with Gasteiger partial charge in [0.05, 0.1) is 17.0 Å². The molecule has 126 valence electrons. The van der Waals surface area contributed by atoms with Crippen molar-refractivity contribution in [3.63, 3.8) is 0 Å². The van der Waals surface area contributed by atoms with Crippen molar-refractivity contribution in [2.75, 3.05) is 16.9 Å². The standard InChI is InChI=1S/C12H8ClF3N6OS/c13-7-2-1-6(4-17)8(3-7)19-9(23)5-24-11-21-20-10(22(11)18)12(14,15)16/h1-3H,5,18H2,(H,19,23). The molecule has 1 aromatic heterocycles. The van der Waals surface area contributed by atoms with Crippen molar-refractivity contribution < 1.29 is 18.0 Å². The number of nitrogens with one attached hydrogen (secondary N) is 1. The minimum absolute atomic E-state index is 0.194. The molecule has 3 N–H and O–H groups in total. The third-order valence-electron chi connectivity index (χ3n) is 2.63. The van der Waals surface area contributed by atoms with E-state index in [0.29, 0.717) is 16.8 Å². The molecule has 0 aliphatic rings. The summed E-state index contributed by atoms with van der Waals surface area (Å²) in [6.45, 7) is 0. The van der Waals surface area contributed by atoms with E-state index >= 15 is 0 Å². The number of alkyl halides is 3. The second-order valence-corrected chi connectivity index (χ2v) is 5.69. The van der Waals surface area contributed by atoms with Crippen LogP contribution in [0.5, 0.6) is 0 Å². The number of halogens is 4. The van der Waals surface area contributed by atoms with Crippen molar-refractivity contribution in [1.29, 1.82) is 5.26 Å². The molecule has 0 fully saturated rings. The fourth-order valence-corrected chi connectivity index (χ4v) is 2.43. The summed E-state index contributed by atoms with van der Waals surface area (Å²) in [6.07, 6.45) is -4.74. The van der Waals surface area contributed by atoms with Crippen molar-refractivity contribution >= 4 is 35.0 Å². The van der Waals surface area contributed by atoms with Crippen molar-refractivity contribution in [3.8, 4) is 6.07 Å². The molecule has 0 aliphatic heterocycles. The second-order valence-electron chi connectivity index (χ2n) is 4.31. The number of nitrogens with zero attached hydrogens (tertiary/aromatic N) is 4. The number of hydrogen-bond donors (Lipinski definition) is 2. The average Bonchev–Trinajstić information content (AvgIpc) is 2.86. The molecule has 0 bridgehead atoms. The number of hydrogen-bond acceptors (Lipinski definition) is 6. The van der Waals surface area contributed by atoms with Gasteiger partial charge in [-0.25, -0.2) is 4.68 Å². The van der Waals surface area contributed by atoms with Crippen LogP contribution >= 0.6 is 23.4 Å². The predicted molar refractivity (Wildman–Crippen MR) is 80.7 cm³/mol. The van der Waals surface area contributed by atoms with Gasteiger partial charge >= 0.3 is 6.18 Å². The summed E-state index contributed by atoms with van der Waals surface area (Å²) in [7, 11) is 0. The highest BCUT2D eigenvalue weighted by atomic mass is 35.5. The summed E-state index contributed by atoms with van der Waals surface area (Å²) in [5.74, 6) is 3.02. The molecule has 0 unspecified atom stereocenters. The van der Waals surface area contributed by atoms with E-state index in [1.165, 1.54) is 18.2 Å². The zero-order valence-electron chi connectivity index (χ0n) is 11.6. The van der Waals surface area contributed by atoms with E-state index in [-0.39, 0.29) is 26.8 Å².